The van der Waals surface area contributed by atoms with E-state index in [9.17, 15) is 4.79 Å². The summed E-state index contributed by atoms with van der Waals surface area (Å²) in [7, 11) is 0. The number of amides is 1. The van der Waals surface area contributed by atoms with E-state index < -0.39 is 0 Å². The first kappa shape index (κ1) is 12.4. The minimum atomic E-state index is 0.0496. The molecule has 0 unspecified atom stereocenters. The van der Waals surface area contributed by atoms with E-state index in [4.69, 9.17) is 10.9 Å². The van der Waals surface area contributed by atoms with Crippen molar-refractivity contribution in [3.63, 3.8) is 0 Å². The van der Waals surface area contributed by atoms with Gasteiger partial charge in [0, 0.05) is 24.6 Å². The number of nitrogens with zero attached hydrogens (tertiary/aromatic N) is 2. The van der Waals surface area contributed by atoms with Crippen molar-refractivity contribution < 1.29 is 10.0 Å². The number of benzene rings is 1. The molecule has 2 rings (SSSR count). The summed E-state index contributed by atoms with van der Waals surface area (Å²) in [6.45, 7) is 1.29. The van der Waals surface area contributed by atoms with Crippen molar-refractivity contribution in [2.45, 2.75) is 12.8 Å². The minimum Gasteiger partial charge on any atom is -0.409 e. The minimum absolute atomic E-state index is 0.0496. The Kier molecular flexibility index (Phi) is 3.82. The van der Waals surface area contributed by atoms with Crippen LogP contribution in [0.4, 0.5) is 0 Å². The molecule has 96 valence electrons. The lowest BCUT2D eigenvalue weighted by Crippen LogP contribution is -2.41. The van der Waals surface area contributed by atoms with Crippen molar-refractivity contribution in [3.8, 4) is 0 Å². The summed E-state index contributed by atoms with van der Waals surface area (Å²) < 4.78 is 0. The third-order valence-corrected chi connectivity index (χ3v) is 3.34. The van der Waals surface area contributed by atoms with Gasteiger partial charge in [-0.2, -0.15) is 0 Å². The Morgan fingerprint density at radius 3 is 2.44 bits per heavy atom. The first-order valence-corrected chi connectivity index (χ1v) is 6.04. The summed E-state index contributed by atoms with van der Waals surface area (Å²) >= 11 is 0. The highest BCUT2D eigenvalue weighted by atomic mass is 16.4. The molecule has 5 nitrogen and oxygen atoms in total. The molecule has 0 aromatic heterocycles. The molecule has 1 heterocycles. The van der Waals surface area contributed by atoms with Crippen molar-refractivity contribution >= 4 is 11.7 Å². The van der Waals surface area contributed by atoms with E-state index >= 15 is 0 Å². The van der Waals surface area contributed by atoms with Gasteiger partial charge in [0.25, 0.3) is 5.91 Å². The Balaban J connectivity index is 1.96. The number of carbonyl (C=O) groups excluding carboxylic acids is 1. The Hall–Kier alpha value is -2.04. The van der Waals surface area contributed by atoms with Gasteiger partial charge in [0.2, 0.25) is 0 Å². The Morgan fingerprint density at radius 1 is 1.28 bits per heavy atom. The molecule has 1 fully saturated rings. The highest BCUT2D eigenvalue weighted by Gasteiger charge is 2.25. The van der Waals surface area contributed by atoms with Gasteiger partial charge < -0.3 is 15.8 Å². The van der Waals surface area contributed by atoms with Crippen LogP contribution in [0.1, 0.15) is 23.2 Å². The number of amidine groups is 1. The van der Waals surface area contributed by atoms with Crippen molar-refractivity contribution in [2.75, 3.05) is 13.1 Å². The SMILES string of the molecule is NC(=NO)C1CCN(C(=O)c2ccccc2)CC1. The van der Waals surface area contributed by atoms with Gasteiger partial charge in [0.05, 0.1) is 0 Å². The number of carbonyl (C=O) groups is 1. The zero-order valence-corrected chi connectivity index (χ0v) is 10.1. The summed E-state index contributed by atoms with van der Waals surface area (Å²) in [6.07, 6.45) is 1.49. The van der Waals surface area contributed by atoms with E-state index in [2.05, 4.69) is 5.16 Å². The van der Waals surface area contributed by atoms with E-state index in [0.717, 1.165) is 12.8 Å². The molecule has 5 heteroatoms. The standard InChI is InChI=1S/C13H17N3O2/c14-12(15-18)10-6-8-16(9-7-10)13(17)11-4-2-1-3-5-11/h1-5,10,18H,6-9H2,(H2,14,15). The smallest absolute Gasteiger partial charge is 0.253 e. The number of hydrogen-bond acceptors (Lipinski definition) is 3. The Labute approximate surface area is 106 Å². The van der Waals surface area contributed by atoms with Crippen LogP contribution in [-0.4, -0.2) is 34.9 Å². The summed E-state index contributed by atoms with van der Waals surface area (Å²) in [5.74, 6) is 0.394. The zero-order chi connectivity index (χ0) is 13.0. The number of likely N-dealkylation sites (tertiary alicyclic amines) is 1. The summed E-state index contributed by atoms with van der Waals surface area (Å²) in [6, 6.07) is 9.24. The molecule has 0 atom stereocenters. The lowest BCUT2D eigenvalue weighted by molar-refractivity contribution is 0.0709. The van der Waals surface area contributed by atoms with E-state index in [1.165, 1.54) is 0 Å². The molecule has 0 radical (unpaired) electrons. The van der Waals surface area contributed by atoms with Gasteiger partial charge in [-0.05, 0) is 25.0 Å². The molecule has 1 aliphatic heterocycles. The largest absolute Gasteiger partial charge is 0.409 e. The first-order valence-electron chi connectivity index (χ1n) is 6.04. The van der Waals surface area contributed by atoms with Crippen molar-refractivity contribution in [3.05, 3.63) is 35.9 Å². The molecule has 0 bridgehead atoms. The lowest BCUT2D eigenvalue weighted by Gasteiger charge is -2.31. The van der Waals surface area contributed by atoms with Gasteiger partial charge in [-0.1, -0.05) is 23.4 Å². The van der Waals surface area contributed by atoms with Gasteiger partial charge in [-0.25, -0.2) is 0 Å². The fourth-order valence-corrected chi connectivity index (χ4v) is 2.22. The molecule has 1 aromatic rings. The van der Waals surface area contributed by atoms with Crippen LogP contribution in [-0.2, 0) is 0 Å². The van der Waals surface area contributed by atoms with Crippen LogP contribution in [0.15, 0.2) is 35.5 Å². The highest BCUT2D eigenvalue weighted by Crippen LogP contribution is 2.19. The Bertz CT molecular complexity index is 437. The third-order valence-electron chi connectivity index (χ3n) is 3.34. The van der Waals surface area contributed by atoms with Gasteiger partial charge >= 0.3 is 0 Å². The quantitative estimate of drug-likeness (QED) is 0.357. The fourth-order valence-electron chi connectivity index (χ4n) is 2.22. The number of piperidine rings is 1. The molecule has 3 N–H and O–H groups in total. The van der Waals surface area contributed by atoms with Crippen molar-refractivity contribution in [2.24, 2.45) is 16.8 Å². The van der Waals surface area contributed by atoms with Gasteiger partial charge in [-0.3, -0.25) is 4.79 Å². The second kappa shape index (κ2) is 5.53. The van der Waals surface area contributed by atoms with Gasteiger partial charge in [-0.15, -0.1) is 0 Å². The van der Waals surface area contributed by atoms with Crippen LogP contribution in [0.5, 0.6) is 0 Å². The summed E-state index contributed by atoms with van der Waals surface area (Å²) in [5.41, 5.74) is 6.29. The fraction of sp³-hybridized carbons (Fsp3) is 0.385. The maximum atomic E-state index is 12.2. The summed E-state index contributed by atoms with van der Waals surface area (Å²) in [4.78, 5) is 14.0. The summed E-state index contributed by atoms with van der Waals surface area (Å²) in [5, 5.41) is 11.7. The van der Waals surface area contributed by atoms with Crippen LogP contribution >= 0.6 is 0 Å². The van der Waals surface area contributed by atoms with Crippen LogP contribution in [0, 0.1) is 5.92 Å². The molecule has 0 aliphatic carbocycles. The lowest BCUT2D eigenvalue weighted by atomic mass is 9.95. The number of hydrogen-bond donors (Lipinski definition) is 2. The molecule has 0 spiro atoms. The van der Waals surface area contributed by atoms with E-state index in [1.807, 2.05) is 35.2 Å². The predicted octanol–water partition coefficient (Wildman–Crippen LogP) is 1.29. The number of rotatable bonds is 2. The monoisotopic (exact) mass is 247 g/mol. The van der Waals surface area contributed by atoms with Gasteiger partial charge in [0.1, 0.15) is 5.84 Å². The number of nitrogens with two attached hydrogens (primary N) is 1. The topological polar surface area (TPSA) is 78.9 Å². The second-order valence-electron chi connectivity index (χ2n) is 4.46. The van der Waals surface area contributed by atoms with Crippen LogP contribution in [0.2, 0.25) is 0 Å². The van der Waals surface area contributed by atoms with Gasteiger partial charge in [0.15, 0.2) is 0 Å². The molecule has 1 aromatic carbocycles. The molecule has 1 amide bonds. The maximum absolute atomic E-state index is 12.2. The molecular weight excluding hydrogens is 230 g/mol. The zero-order valence-electron chi connectivity index (χ0n) is 10.1. The van der Waals surface area contributed by atoms with Crippen molar-refractivity contribution in [1.29, 1.82) is 0 Å². The molecular formula is C13H17N3O2. The second-order valence-corrected chi connectivity index (χ2v) is 4.46. The highest BCUT2D eigenvalue weighted by molar-refractivity contribution is 5.94. The average Bonchev–Trinajstić information content (AvgIpc) is 2.47. The normalized spacial score (nSPS) is 17.8. The van der Waals surface area contributed by atoms with E-state index in [-0.39, 0.29) is 17.7 Å². The molecule has 0 saturated carbocycles. The van der Waals surface area contributed by atoms with Crippen LogP contribution in [0.3, 0.4) is 0 Å². The van der Waals surface area contributed by atoms with E-state index in [0.29, 0.717) is 18.7 Å². The predicted molar refractivity (Wildman–Crippen MR) is 68.5 cm³/mol. The maximum Gasteiger partial charge on any atom is 0.253 e. The Morgan fingerprint density at radius 2 is 1.89 bits per heavy atom. The third kappa shape index (κ3) is 2.61. The van der Waals surface area contributed by atoms with E-state index in [1.54, 1.807) is 0 Å². The number of oxime groups is 1. The molecule has 1 aliphatic rings. The van der Waals surface area contributed by atoms with Crippen LogP contribution < -0.4 is 5.73 Å². The van der Waals surface area contributed by atoms with Crippen molar-refractivity contribution in [1.82, 2.24) is 4.90 Å². The molecule has 1 saturated heterocycles. The average molecular weight is 247 g/mol. The first-order chi connectivity index (χ1) is 8.72. The molecule has 18 heavy (non-hydrogen) atoms. The van der Waals surface area contributed by atoms with Crippen LogP contribution in [0.25, 0.3) is 0 Å².